The van der Waals surface area contributed by atoms with Gasteiger partial charge in [-0.2, -0.15) is 0 Å². The monoisotopic (exact) mass is 335 g/mol. The molecule has 1 atom stereocenters. The van der Waals surface area contributed by atoms with Crippen LogP contribution in [0.25, 0.3) is 10.1 Å². The van der Waals surface area contributed by atoms with Crippen molar-refractivity contribution in [3.05, 3.63) is 69.0 Å². The molecule has 0 aliphatic rings. The van der Waals surface area contributed by atoms with Gasteiger partial charge in [0.25, 0.3) is 0 Å². The summed E-state index contributed by atoms with van der Waals surface area (Å²) < 4.78 is 1.31. The van der Waals surface area contributed by atoms with Crippen molar-refractivity contribution < 1.29 is 0 Å². The third-order valence-electron chi connectivity index (χ3n) is 3.67. The quantitative estimate of drug-likeness (QED) is 0.643. The van der Waals surface area contributed by atoms with Crippen LogP contribution in [-0.2, 0) is 6.42 Å². The molecule has 0 saturated carbocycles. The second-order valence-corrected chi connectivity index (χ2v) is 6.72. The molecule has 2 aromatic carbocycles. The molecule has 3 aromatic rings. The van der Waals surface area contributed by atoms with Crippen molar-refractivity contribution >= 4 is 44.6 Å². The van der Waals surface area contributed by atoms with Crippen molar-refractivity contribution in [2.24, 2.45) is 0 Å². The zero-order chi connectivity index (χ0) is 14.8. The lowest BCUT2D eigenvalue weighted by Gasteiger charge is -2.17. The van der Waals surface area contributed by atoms with Crippen molar-refractivity contribution in [1.29, 1.82) is 0 Å². The summed E-state index contributed by atoms with van der Waals surface area (Å²) in [7, 11) is 1.98. The maximum Gasteiger partial charge on any atom is 0.0439 e. The van der Waals surface area contributed by atoms with Crippen LogP contribution in [0, 0.1) is 0 Å². The van der Waals surface area contributed by atoms with E-state index in [1.54, 1.807) is 11.3 Å². The van der Waals surface area contributed by atoms with Crippen LogP contribution in [0.4, 0.5) is 0 Å². The number of rotatable bonds is 4. The number of thiophene rings is 1. The van der Waals surface area contributed by atoms with Gasteiger partial charge in [-0.3, -0.25) is 0 Å². The molecule has 0 amide bonds. The molecule has 1 aromatic heterocycles. The number of hydrogen-bond donors (Lipinski definition) is 1. The summed E-state index contributed by atoms with van der Waals surface area (Å²) >= 11 is 14.2. The van der Waals surface area contributed by atoms with E-state index in [9.17, 15) is 0 Å². The molecule has 0 saturated heterocycles. The molecule has 1 unspecified atom stereocenters. The third-order valence-corrected chi connectivity index (χ3v) is 5.25. The van der Waals surface area contributed by atoms with Crippen LogP contribution >= 0.6 is 34.5 Å². The van der Waals surface area contributed by atoms with E-state index in [0.717, 1.165) is 22.0 Å². The van der Waals surface area contributed by atoms with Crippen LogP contribution in [0.1, 0.15) is 17.2 Å². The summed E-state index contributed by atoms with van der Waals surface area (Å²) in [6.45, 7) is 0. The largest absolute Gasteiger partial charge is 0.313 e. The fourth-order valence-corrected chi connectivity index (χ4v) is 3.96. The van der Waals surface area contributed by atoms with E-state index in [0.29, 0.717) is 0 Å². The number of benzene rings is 2. The van der Waals surface area contributed by atoms with Crippen molar-refractivity contribution in [2.75, 3.05) is 7.05 Å². The molecule has 21 heavy (non-hydrogen) atoms. The molecule has 0 aliphatic heterocycles. The predicted molar refractivity (Wildman–Crippen MR) is 93.8 cm³/mol. The highest BCUT2D eigenvalue weighted by molar-refractivity contribution is 7.17. The van der Waals surface area contributed by atoms with E-state index in [1.807, 2.05) is 25.2 Å². The zero-order valence-corrected chi connectivity index (χ0v) is 13.9. The molecular weight excluding hydrogens is 321 g/mol. The summed E-state index contributed by atoms with van der Waals surface area (Å²) in [5, 5.41) is 8.41. The third kappa shape index (κ3) is 3.09. The Morgan fingerprint density at radius 2 is 1.95 bits per heavy atom. The Bertz CT molecular complexity index is 766. The molecule has 0 bridgehead atoms. The van der Waals surface area contributed by atoms with Crippen molar-refractivity contribution in [1.82, 2.24) is 5.32 Å². The lowest BCUT2D eigenvalue weighted by molar-refractivity contribution is 0.598. The Labute approximate surface area is 138 Å². The van der Waals surface area contributed by atoms with Crippen LogP contribution in [0.5, 0.6) is 0 Å². The highest BCUT2D eigenvalue weighted by atomic mass is 35.5. The fraction of sp³-hybridized carbons (Fsp3) is 0.176. The van der Waals surface area contributed by atoms with E-state index >= 15 is 0 Å². The predicted octanol–water partition coefficient (Wildman–Crippen LogP) is 5.71. The molecule has 0 radical (unpaired) electrons. The summed E-state index contributed by atoms with van der Waals surface area (Å²) in [4.78, 5) is 0. The SMILES string of the molecule is CNC(Cc1cc(Cl)ccc1Cl)c1csc2ccccc12. The van der Waals surface area contributed by atoms with Gasteiger partial charge >= 0.3 is 0 Å². The first kappa shape index (κ1) is 14.9. The Morgan fingerprint density at radius 3 is 2.76 bits per heavy atom. The molecule has 0 fully saturated rings. The smallest absolute Gasteiger partial charge is 0.0439 e. The molecule has 1 nitrogen and oxygen atoms in total. The molecule has 0 spiro atoms. The van der Waals surface area contributed by atoms with Gasteiger partial charge in [-0.25, -0.2) is 0 Å². The van der Waals surface area contributed by atoms with Gasteiger partial charge in [-0.15, -0.1) is 11.3 Å². The van der Waals surface area contributed by atoms with Crippen LogP contribution in [0.15, 0.2) is 47.8 Å². The summed E-state index contributed by atoms with van der Waals surface area (Å²) in [5.41, 5.74) is 2.38. The van der Waals surface area contributed by atoms with Crippen LogP contribution in [0.2, 0.25) is 10.0 Å². The minimum absolute atomic E-state index is 0.220. The fourth-order valence-electron chi connectivity index (χ4n) is 2.56. The molecule has 3 rings (SSSR count). The normalized spacial score (nSPS) is 12.7. The lowest BCUT2D eigenvalue weighted by atomic mass is 9.98. The summed E-state index contributed by atoms with van der Waals surface area (Å²) in [6.07, 6.45) is 0.816. The summed E-state index contributed by atoms with van der Waals surface area (Å²) in [6, 6.07) is 14.3. The first-order valence-electron chi connectivity index (χ1n) is 6.76. The zero-order valence-electron chi connectivity index (χ0n) is 11.6. The van der Waals surface area contributed by atoms with E-state index in [1.165, 1.54) is 15.6 Å². The molecule has 0 aliphatic carbocycles. The maximum absolute atomic E-state index is 6.29. The van der Waals surface area contributed by atoms with Gasteiger partial charge in [0.1, 0.15) is 0 Å². The summed E-state index contributed by atoms with van der Waals surface area (Å²) in [5.74, 6) is 0. The molecule has 1 N–H and O–H groups in total. The number of nitrogens with one attached hydrogen (secondary N) is 1. The van der Waals surface area contributed by atoms with Gasteiger partial charge in [-0.05, 0) is 59.6 Å². The molecular formula is C17H15Cl2NS. The highest BCUT2D eigenvalue weighted by Crippen LogP contribution is 2.33. The average molecular weight is 336 g/mol. The Kier molecular flexibility index (Phi) is 4.51. The number of fused-ring (bicyclic) bond motifs is 1. The van der Waals surface area contributed by atoms with Crippen molar-refractivity contribution in [2.45, 2.75) is 12.5 Å². The van der Waals surface area contributed by atoms with Gasteiger partial charge < -0.3 is 5.32 Å². The van der Waals surface area contributed by atoms with Gasteiger partial charge in [-0.1, -0.05) is 41.4 Å². The molecule has 108 valence electrons. The number of likely N-dealkylation sites (N-methyl/N-ethyl adjacent to an activating group) is 1. The van der Waals surface area contributed by atoms with E-state index < -0.39 is 0 Å². The molecule has 1 heterocycles. The minimum atomic E-state index is 0.220. The maximum atomic E-state index is 6.29. The van der Waals surface area contributed by atoms with Crippen LogP contribution < -0.4 is 5.32 Å². The van der Waals surface area contributed by atoms with Gasteiger partial charge in [0.05, 0.1) is 0 Å². The van der Waals surface area contributed by atoms with Crippen LogP contribution in [-0.4, -0.2) is 7.05 Å². The second-order valence-electron chi connectivity index (χ2n) is 4.97. The first-order chi connectivity index (χ1) is 10.2. The number of hydrogen-bond acceptors (Lipinski definition) is 2. The van der Waals surface area contributed by atoms with E-state index in [2.05, 4.69) is 35.0 Å². The van der Waals surface area contributed by atoms with Crippen molar-refractivity contribution in [3.8, 4) is 0 Å². The average Bonchev–Trinajstić information content (AvgIpc) is 2.92. The van der Waals surface area contributed by atoms with Crippen molar-refractivity contribution in [3.63, 3.8) is 0 Å². The second kappa shape index (κ2) is 6.37. The minimum Gasteiger partial charge on any atom is -0.313 e. The topological polar surface area (TPSA) is 12.0 Å². The van der Waals surface area contributed by atoms with Gasteiger partial charge in [0.2, 0.25) is 0 Å². The van der Waals surface area contributed by atoms with E-state index in [4.69, 9.17) is 23.2 Å². The number of halogens is 2. The standard InChI is InChI=1S/C17H15Cl2NS/c1-20-16(9-11-8-12(18)6-7-15(11)19)14-10-21-17-5-3-2-4-13(14)17/h2-8,10,16,20H,9H2,1H3. The Hall–Kier alpha value is -1.06. The Morgan fingerprint density at radius 1 is 1.14 bits per heavy atom. The Balaban J connectivity index is 1.97. The van der Waals surface area contributed by atoms with Gasteiger partial charge in [0, 0.05) is 20.8 Å². The van der Waals surface area contributed by atoms with Gasteiger partial charge in [0.15, 0.2) is 0 Å². The first-order valence-corrected chi connectivity index (χ1v) is 8.40. The van der Waals surface area contributed by atoms with Crippen LogP contribution in [0.3, 0.4) is 0 Å². The highest BCUT2D eigenvalue weighted by Gasteiger charge is 2.16. The molecule has 4 heteroatoms. The lowest BCUT2D eigenvalue weighted by Crippen LogP contribution is -2.18. The van der Waals surface area contributed by atoms with E-state index in [-0.39, 0.29) is 6.04 Å².